The summed E-state index contributed by atoms with van der Waals surface area (Å²) in [6, 6.07) is 9.43. The van der Waals surface area contributed by atoms with Crippen LogP contribution in [0.2, 0.25) is 0 Å². The third kappa shape index (κ3) is 3.33. The van der Waals surface area contributed by atoms with Crippen molar-refractivity contribution < 1.29 is 13.5 Å². The summed E-state index contributed by atoms with van der Waals surface area (Å²) >= 11 is 0. The van der Waals surface area contributed by atoms with E-state index in [0.717, 1.165) is 12.0 Å². The zero-order valence-corrected chi connectivity index (χ0v) is 11.9. The normalized spacial score (nSPS) is 18.3. The molecule has 0 unspecified atom stereocenters. The van der Waals surface area contributed by atoms with Crippen LogP contribution in [0.3, 0.4) is 0 Å². The standard InChI is InChI=1S/C13H20N2O3S/c1-15(10-12-6-3-2-4-7-12)19(17,18)14-13(11-16)8-5-9-13/h2-4,6-7,14,16H,5,8-11H2,1H3. The van der Waals surface area contributed by atoms with Crippen molar-refractivity contribution in [3.8, 4) is 0 Å². The van der Waals surface area contributed by atoms with Gasteiger partial charge < -0.3 is 5.11 Å². The predicted molar refractivity (Wildman–Crippen MR) is 73.6 cm³/mol. The van der Waals surface area contributed by atoms with Crippen molar-refractivity contribution in [2.24, 2.45) is 0 Å². The van der Waals surface area contributed by atoms with Gasteiger partial charge in [-0.2, -0.15) is 17.4 Å². The predicted octanol–water partition coefficient (Wildman–Crippen LogP) is 0.868. The summed E-state index contributed by atoms with van der Waals surface area (Å²) in [6.45, 7) is 0.170. The second-order valence-corrected chi connectivity index (χ2v) is 6.92. The molecular formula is C13H20N2O3S. The molecule has 0 spiro atoms. The molecule has 1 aromatic rings. The quantitative estimate of drug-likeness (QED) is 0.814. The lowest BCUT2D eigenvalue weighted by molar-refractivity contribution is 0.109. The molecule has 1 saturated carbocycles. The molecule has 6 heteroatoms. The molecule has 19 heavy (non-hydrogen) atoms. The molecule has 5 nitrogen and oxygen atoms in total. The number of hydrogen-bond acceptors (Lipinski definition) is 3. The van der Waals surface area contributed by atoms with E-state index in [9.17, 15) is 13.5 Å². The number of benzene rings is 1. The average Bonchev–Trinajstić information content (AvgIpc) is 2.35. The van der Waals surface area contributed by atoms with E-state index in [-0.39, 0.29) is 6.61 Å². The molecule has 0 radical (unpaired) electrons. The summed E-state index contributed by atoms with van der Waals surface area (Å²) < 4.78 is 28.3. The first-order valence-corrected chi connectivity index (χ1v) is 7.81. The number of nitrogens with one attached hydrogen (secondary N) is 1. The van der Waals surface area contributed by atoms with Crippen LogP contribution in [-0.2, 0) is 16.8 Å². The van der Waals surface area contributed by atoms with E-state index in [1.165, 1.54) is 4.31 Å². The number of rotatable bonds is 6. The second kappa shape index (κ2) is 5.58. The van der Waals surface area contributed by atoms with Crippen LogP contribution >= 0.6 is 0 Å². The van der Waals surface area contributed by atoms with Gasteiger partial charge in [0, 0.05) is 13.6 Å². The molecule has 2 rings (SSSR count). The Bertz CT molecular complexity index is 506. The lowest BCUT2D eigenvalue weighted by Crippen LogP contribution is -2.58. The van der Waals surface area contributed by atoms with Crippen molar-refractivity contribution in [3.63, 3.8) is 0 Å². The van der Waals surface area contributed by atoms with Crippen LogP contribution in [0.4, 0.5) is 0 Å². The van der Waals surface area contributed by atoms with Gasteiger partial charge in [0.2, 0.25) is 0 Å². The Morgan fingerprint density at radius 2 is 1.95 bits per heavy atom. The molecule has 0 heterocycles. The van der Waals surface area contributed by atoms with Gasteiger partial charge in [0.15, 0.2) is 0 Å². The lowest BCUT2D eigenvalue weighted by atomic mass is 9.78. The van der Waals surface area contributed by atoms with Crippen molar-refractivity contribution >= 4 is 10.2 Å². The minimum Gasteiger partial charge on any atom is -0.394 e. The van der Waals surface area contributed by atoms with E-state index in [4.69, 9.17) is 0 Å². The van der Waals surface area contributed by atoms with Crippen LogP contribution in [0.1, 0.15) is 24.8 Å². The molecule has 0 bridgehead atoms. The molecular weight excluding hydrogens is 264 g/mol. The van der Waals surface area contributed by atoms with Crippen LogP contribution < -0.4 is 4.72 Å². The maximum Gasteiger partial charge on any atom is 0.280 e. The van der Waals surface area contributed by atoms with Gasteiger partial charge in [0.05, 0.1) is 12.1 Å². The van der Waals surface area contributed by atoms with Crippen molar-refractivity contribution in [2.75, 3.05) is 13.7 Å². The lowest BCUT2D eigenvalue weighted by Gasteiger charge is -2.41. The highest BCUT2D eigenvalue weighted by atomic mass is 32.2. The van der Waals surface area contributed by atoms with Gasteiger partial charge in [-0.1, -0.05) is 30.3 Å². The first-order valence-electron chi connectivity index (χ1n) is 6.37. The second-order valence-electron chi connectivity index (χ2n) is 5.14. The van der Waals surface area contributed by atoms with Gasteiger partial charge in [-0.05, 0) is 24.8 Å². The molecule has 0 atom stereocenters. The van der Waals surface area contributed by atoms with E-state index < -0.39 is 15.7 Å². The summed E-state index contributed by atoms with van der Waals surface area (Å²) in [4.78, 5) is 0. The molecule has 0 aromatic heterocycles. The van der Waals surface area contributed by atoms with Gasteiger partial charge in [-0.3, -0.25) is 0 Å². The monoisotopic (exact) mass is 284 g/mol. The Balaban J connectivity index is 2.03. The molecule has 2 N–H and O–H groups in total. The molecule has 1 aromatic carbocycles. The van der Waals surface area contributed by atoms with Crippen molar-refractivity contribution in [1.29, 1.82) is 0 Å². The highest BCUT2D eigenvalue weighted by molar-refractivity contribution is 7.87. The van der Waals surface area contributed by atoms with Crippen LogP contribution in [0.15, 0.2) is 30.3 Å². The molecule has 1 aliphatic carbocycles. The van der Waals surface area contributed by atoms with Gasteiger partial charge in [0.25, 0.3) is 10.2 Å². The maximum absolute atomic E-state index is 12.2. The largest absolute Gasteiger partial charge is 0.394 e. The Morgan fingerprint density at radius 1 is 1.32 bits per heavy atom. The van der Waals surface area contributed by atoms with Crippen LogP contribution in [0, 0.1) is 0 Å². The van der Waals surface area contributed by atoms with E-state index in [1.54, 1.807) is 7.05 Å². The Kier molecular flexibility index (Phi) is 4.25. The SMILES string of the molecule is CN(Cc1ccccc1)S(=O)(=O)NC1(CO)CCC1. The first kappa shape index (κ1) is 14.5. The third-order valence-corrected chi connectivity index (χ3v) is 5.26. The molecule has 1 fully saturated rings. The Labute approximate surface area is 114 Å². The van der Waals surface area contributed by atoms with E-state index in [2.05, 4.69) is 4.72 Å². The van der Waals surface area contributed by atoms with Crippen molar-refractivity contribution in [3.05, 3.63) is 35.9 Å². The fourth-order valence-corrected chi connectivity index (χ4v) is 3.46. The highest BCUT2D eigenvalue weighted by Crippen LogP contribution is 2.32. The van der Waals surface area contributed by atoms with Gasteiger partial charge in [-0.25, -0.2) is 0 Å². The summed E-state index contributed by atoms with van der Waals surface area (Å²) in [5.74, 6) is 0. The highest BCUT2D eigenvalue weighted by Gasteiger charge is 2.40. The minimum atomic E-state index is -3.57. The van der Waals surface area contributed by atoms with Gasteiger partial charge >= 0.3 is 0 Å². The van der Waals surface area contributed by atoms with Crippen molar-refractivity contribution in [1.82, 2.24) is 9.03 Å². The fourth-order valence-electron chi connectivity index (χ4n) is 2.17. The summed E-state index contributed by atoms with van der Waals surface area (Å²) in [5.41, 5.74) is 0.283. The first-order chi connectivity index (χ1) is 8.97. The van der Waals surface area contributed by atoms with Crippen LogP contribution in [0.25, 0.3) is 0 Å². The summed E-state index contributed by atoms with van der Waals surface area (Å²) in [5, 5.41) is 9.33. The smallest absolute Gasteiger partial charge is 0.280 e. The summed E-state index contributed by atoms with van der Waals surface area (Å²) in [6.07, 6.45) is 2.34. The van der Waals surface area contributed by atoms with Gasteiger partial charge in [-0.15, -0.1) is 0 Å². The number of hydrogen-bond donors (Lipinski definition) is 2. The zero-order valence-electron chi connectivity index (χ0n) is 11.0. The van der Waals surface area contributed by atoms with Crippen LogP contribution in [-0.4, -0.2) is 37.0 Å². The topological polar surface area (TPSA) is 69.6 Å². The molecule has 0 amide bonds. The number of nitrogens with zero attached hydrogens (tertiary/aromatic N) is 1. The fraction of sp³-hybridized carbons (Fsp3) is 0.538. The maximum atomic E-state index is 12.2. The zero-order chi connectivity index (χ0) is 13.9. The van der Waals surface area contributed by atoms with E-state index in [0.29, 0.717) is 19.4 Å². The Hall–Kier alpha value is -0.950. The average molecular weight is 284 g/mol. The molecule has 0 saturated heterocycles. The number of aliphatic hydroxyl groups is 1. The van der Waals surface area contributed by atoms with Crippen LogP contribution in [0.5, 0.6) is 0 Å². The molecule has 106 valence electrons. The van der Waals surface area contributed by atoms with Crippen molar-refractivity contribution in [2.45, 2.75) is 31.3 Å². The third-order valence-electron chi connectivity index (χ3n) is 3.62. The van der Waals surface area contributed by atoms with Gasteiger partial charge in [0.1, 0.15) is 0 Å². The Morgan fingerprint density at radius 3 is 2.42 bits per heavy atom. The van der Waals surface area contributed by atoms with E-state index >= 15 is 0 Å². The number of aliphatic hydroxyl groups excluding tert-OH is 1. The summed E-state index contributed by atoms with van der Waals surface area (Å²) in [7, 11) is -2.03. The van der Waals surface area contributed by atoms with E-state index in [1.807, 2.05) is 30.3 Å². The molecule has 1 aliphatic rings. The minimum absolute atomic E-state index is 0.147. The molecule has 0 aliphatic heterocycles.